The van der Waals surface area contributed by atoms with Crippen LogP contribution in [0.2, 0.25) is 5.15 Å². The Bertz CT molecular complexity index is 511. The molecule has 1 heterocycles. The minimum Gasteiger partial charge on any atom is -0.491 e. The van der Waals surface area contributed by atoms with E-state index in [0.717, 1.165) is 28.6 Å². The van der Waals surface area contributed by atoms with E-state index >= 15 is 0 Å². The highest BCUT2D eigenvalue weighted by molar-refractivity contribution is 6.30. The van der Waals surface area contributed by atoms with Crippen molar-refractivity contribution in [1.82, 2.24) is 4.98 Å². The SMILES string of the molecule is CCCOc1cccc2cc(C)c(Cl)nc12. The molecule has 2 rings (SSSR count). The first-order chi connectivity index (χ1) is 7.72. The first-order valence-corrected chi connectivity index (χ1v) is 5.79. The van der Waals surface area contributed by atoms with Crippen LogP contribution in [0.1, 0.15) is 18.9 Å². The maximum atomic E-state index is 6.03. The summed E-state index contributed by atoms with van der Waals surface area (Å²) in [5, 5.41) is 1.61. The number of nitrogens with zero attached hydrogens (tertiary/aromatic N) is 1. The minimum absolute atomic E-state index is 0.542. The van der Waals surface area contributed by atoms with Gasteiger partial charge in [-0.25, -0.2) is 4.98 Å². The number of rotatable bonds is 3. The summed E-state index contributed by atoms with van der Waals surface area (Å²) in [6.07, 6.45) is 0.982. The van der Waals surface area contributed by atoms with E-state index in [4.69, 9.17) is 16.3 Å². The molecule has 0 saturated heterocycles. The summed E-state index contributed by atoms with van der Waals surface area (Å²) in [5.74, 6) is 0.807. The average molecular weight is 236 g/mol. The summed E-state index contributed by atoms with van der Waals surface area (Å²) in [7, 11) is 0. The van der Waals surface area contributed by atoms with Crippen molar-refractivity contribution in [2.24, 2.45) is 0 Å². The smallest absolute Gasteiger partial charge is 0.145 e. The minimum atomic E-state index is 0.542. The quantitative estimate of drug-likeness (QED) is 0.751. The van der Waals surface area contributed by atoms with Gasteiger partial charge in [0.05, 0.1) is 6.61 Å². The second-order valence-corrected chi connectivity index (χ2v) is 4.13. The fourth-order valence-corrected chi connectivity index (χ4v) is 1.72. The molecule has 1 aromatic heterocycles. The lowest BCUT2D eigenvalue weighted by molar-refractivity contribution is 0.320. The molecule has 0 radical (unpaired) electrons. The van der Waals surface area contributed by atoms with Gasteiger partial charge in [-0.3, -0.25) is 0 Å². The van der Waals surface area contributed by atoms with Crippen molar-refractivity contribution < 1.29 is 4.74 Å². The van der Waals surface area contributed by atoms with Crippen LogP contribution in [-0.2, 0) is 0 Å². The lowest BCUT2D eigenvalue weighted by Gasteiger charge is -2.08. The van der Waals surface area contributed by atoms with Crippen LogP contribution in [0.4, 0.5) is 0 Å². The molecule has 1 aromatic carbocycles. The predicted octanol–water partition coefficient (Wildman–Crippen LogP) is 3.99. The Kier molecular flexibility index (Phi) is 3.30. The molecule has 0 aliphatic carbocycles. The van der Waals surface area contributed by atoms with Gasteiger partial charge in [-0.1, -0.05) is 30.7 Å². The number of para-hydroxylation sites is 1. The Hall–Kier alpha value is -1.28. The highest BCUT2D eigenvalue weighted by atomic mass is 35.5. The average Bonchev–Trinajstić information content (AvgIpc) is 2.28. The number of aromatic nitrogens is 1. The van der Waals surface area contributed by atoms with Gasteiger partial charge in [-0.15, -0.1) is 0 Å². The largest absolute Gasteiger partial charge is 0.491 e. The van der Waals surface area contributed by atoms with Crippen LogP contribution in [0.15, 0.2) is 24.3 Å². The third-order valence-electron chi connectivity index (χ3n) is 2.40. The molecule has 0 saturated carbocycles. The Balaban J connectivity index is 2.53. The lowest BCUT2D eigenvalue weighted by atomic mass is 10.1. The molecule has 0 atom stereocenters. The Morgan fingerprint density at radius 2 is 2.19 bits per heavy atom. The van der Waals surface area contributed by atoms with Crippen molar-refractivity contribution in [3.63, 3.8) is 0 Å². The first-order valence-electron chi connectivity index (χ1n) is 5.41. The van der Waals surface area contributed by atoms with Crippen molar-refractivity contribution in [3.8, 4) is 5.75 Å². The Morgan fingerprint density at radius 3 is 2.94 bits per heavy atom. The topological polar surface area (TPSA) is 22.1 Å². The van der Waals surface area contributed by atoms with E-state index < -0.39 is 0 Å². The highest BCUT2D eigenvalue weighted by Gasteiger charge is 2.06. The Labute approximate surface area is 100 Å². The fraction of sp³-hybridized carbons (Fsp3) is 0.308. The van der Waals surface area contributed by atoms with E-state index in [1.165, 1.54) is 0 Å². The summed E-state index contributed by atoms with van der Waals surface area (Å²) >= 11 is 6.03. The van der Waals surface area contributed by atoms with E-state index in [1.54, 1.807) is 0 Å². The molecular weight excluding hydrogens is 222 g/mol. The molecule has 0 unspecified atom stereocenters. The van der Waals surface area contributed by atoms with Crippen LogP contribution in [0, 0.1) is 6.92 Å². The Morgan fingerprint density at radius 1 is 1.38 bits per heavy atom. The molecule has 0 aliphatic rings. The zero-order valence-electron chi connectivity index (χ0n) is 9.46. The second kappa shape index (κ2) is 4.71. The summed E-state index contributed by atoms with van der Waals surface area (Å²) in [5.41, 5.74) is 1.83. The number of fused-ring (bicyclic) bond motifs is 1. The molecule has 3 heteroatoms. The number of hydrogen-bond donors (Lipinski definition) is 0. The molecule has 84 valence electrons. The van der Waals surface area contributed by atoms with Gasteiger partial charge in [0.2, 0.25) is 0 Å². The van der Waals surface area contributed by atoms with E-state index in [1.807, 2.05) is 31.2 Å². The van der Waals surface area contributed by atoms with Crippen molar-refractivity contribution in [2.75, 3.05) is 6.61 Å². The number of halogens is 1. The number of aryl methyl sites for hydroxylation is 1. The molecule has 0 fully saturated rings. The van der Waals surface area contributed by atoms with Crippen LogP contribution < -0.4 is 4.74 Å². The summed E-state index contributed by atoms with van der Waals surface area (Å²) in [6, 6.07) is 7.95. The van der Waals surface area contributed by atoms with Crippen LogP contribution in [0.25, 0.3) is 10.9 Å². The molecule has 2 aromatic rings. The third-order valence-corrected chi connectivity index (χ3v) is 2.78. The molecule has 0 bridgehead atoms. The van der Waals surface area contributed by atoms with Crippen LogP contribution in [-0.4, -0.2) is 11.6 Å². The molecule has 0 N–H and O–H groups in total. The number of pyridine rings is 1. The summed E-state index contributed by atoms with van der Waals surface area (Å²) < 4.78 is 5.64. The van der Waals surface area contributed by atoms with Gasteiger partial charge in [0.1, 0.15) is 16.4 Å². The van der Waals surface area contributed by atoms with E-state index in [0.29, 0.717) is 11.8 Å². The van der Waals surface area contributed by atoms with Gasteiger partial charge < -0.3 is 4.74 Å². The second-order valence-electron chi connectivity index (χ2n) is 3.77. The number of hydrogen-bond acceptors (Lipinski definition) is 2. The third kappa shape index (κ3) is 2.12. The van der Waals surface area contributed by atoms with Gasteiger partial charge in [0, 0.05) is 5.39 Å². The predicted molar refractivity (Wildman–Crippen MR) is 67.3 cm³/mol. The standard InChI is InChI=1S/C13H14ClNO/c1-3-7-16-11-6-4-5-10-8-9(2)13(14)15-12(10)11/h4-6,8H,3,7H2,1-2H3. The van der Waals surface area contributed by atoms with Gasteiger partial charge in [0.15, 0.2) is 0 Å². The first kappa shape index (κ1) is 11.2. The summed E-state index contributed by atoms with van der Waals surface area (Å²) in [4.78, 5) is 4.37. The fourth-order valence-electron chi connectivity index (χ4n) is 1.58. The molecule has 16 heavy (non-hydrogen) atoms. The van der Waals surface area contributed by atoms with E-state index in [-0.39, 0.29) is 0 Å². The lowest BCUT2D eigenvalue weighted by Crippen LogP contribution is -1.97. The van der Waals surface area contributed by atoms with Crippen molar-refractivity contribution >= 4 is 22.5 Å². The molecule has 0 amide bonds. The maximum absolute atomic E-state index is 6.03. The van der Waals surface area contributed by atoms with Gasteiger partial charge >= 0.3 is 0 Å². The maximum Gasteiger partial charge on any atom is 0.145 e. The van der Waals surface area contributed by atoms with E-state index in [9.17, 15) is 0 Å². The van der Waals surface area contributed by atoms with Crippen molar-refractivity contribution in [3.05, 3.63) is 35.0 Å². The van der Waals surface area contributed by atoms with Crippen molar-refractivity contribution in [1.29, 1.82) is 0 Å². The van der Waals surface area contributed by atoms with Gasteiger partial charge in [-0.05, 0) is 31.0 Å². The number of benzene rings is 1. The van der Waals surface area contributed by atoms with Crippen LogP contribution in [0.3, 0.4) is 0 Å². The molecule has 0 aliphatic heterocycles. The molecular formula is C13H14ClNO. The highest BCUT2D eigenvalue weighted by Crippen LogP contribution is 2.27. The van der Waals surface area contributed by atoms with E-state index in [2.05, 4.69) is 11.9 Å². The van der Waals surface area contributed by atoms with Crippen molar-refractivity contribution in [2.45, 2.75) is 20.3 Å². The molecule has 2 nitrogen and oxygen atoms in total. The van der Waals surface area contributed by atoms with Crippen LogP contribution in [0.5, 0.6) is 5.75 Å². The van der Waals surface area contributed by atoms with Gasteiger partial charge in [0.25, 0.3) is 0 Å². The monoisotopic (exact) mass is 235 g/mol. The van der Waals surface area contributed by atoms with Gasteiger partial charge in [-0.2, -0.15) is 0 Å². The zero-order valence-corrected chi connectivity index (χ0v) is 10.2. The summed E-state index contributed by atoms with van der Waals surface area (Å²) in [6.45, 7) is 4.73. The zero-order chi connectivity index (χ0) is 11.5. The number of ether oxygens (including phenoxy) is 1. The van der Waals surface area contributed by atoms with Crippen LogP contribution >= 0.6 is 11.6 Å². The normalized spacial score (nSPS) is 10.7. The molecule has 0 spiro atoms.